The second kappa shape index (κ2) is 35.1. The van der Waals surface area contributed by atoms with Crippen LogP contribution in [-0.2, 0) is 57.5 Å². The smallest absolute Gasteiger partial charge is 0.319 e. The highest BCUT2D eigenvalue weighted by molar-refractivity contribution is 7.22. The zero-order chi connectivity index (χ0) is 61.2. The molecule has 3 heterocycles. The van der Waals surface area contributed by atoms with Crippen LogP contribution in [0.4, 0.5) is 10.5 Å². The van der Waals surface area contributed by atoms with Crippen LogP contribution in [0, 0.1) is 0 Å². The number of hydrogen-bond donors (Lipinski definition) is 5. The molecule has 2 aliphatic rings. The number of nitrogens with one attached hydrogen (secondary N) is 3. The number of fused-ring (bicyclic) bond motifs is 2. The van der Waals surface area contributed by atoms with E-state index in [0.717, 1.165) is 102 Å². The molecule has 0 saturated carbocycles. The molecule has 21 heteroatoms. The van der Waals surface area contributed by atoms with E-state index in [1.54, 1.807) is 72.8 Å². The number of unbranched alkanes of at least 4 members (excludes halogenated alkanes) is 5. The van der Waals surface area contributed by atoms with Gasteiger partial charge in [0.1, 0.15) is 29.9 Å². The summed E-state index contributed by atoms with van der Waals surface area (Å²) in [6, 6.07) is 28.9. The number of anilines is 1. The molecule has 87 heavy (non-hydrogen) atoms. The Morgan fingerprint density at radius 2 is 1.31 bits per heavy atom. The van der Waals surface area contributed by atoms with Crippen molar-refractivity contribution in [1.82, 2.24) is 20.4 Å². The van der Waals surface area contributed by atoms with Crippen molar-refractivity contribution in [2.24, 2.45) is 0 Å². The average molecular weight is 1230 g/mol. The Labute approximate surface area is 517 Å². The van der Waals surface area contributed by atoms with Gasteiger partial charge in [0, 0.05) is 81.6 Å². The first kappa shape index (κ1) is 66.0. The summed E-state index contributed by atoms with van der Waals surface area (Å²) in [5.41, 5.74) is 5.67. The Balaban J connectivity index is 0.553. The number of likely N-dealkylation sites (N-methyl/N-ethyl adjacent to an activating group) is 1. The Morgan fingerprint density at radius 1 is 0.678 bits per heavy atom. The van der Waals surface area contributed by atoms with Crippen molar-refractivity contribution in [2.75, 3.05) is 111 Å². The third-order valence-electron chi connectivity index (χ3n) is 14.9. The number of ketones is 1. The number of hydrogen-bond acceptors (Lipinski definition) is 16. The van der Waals surface area contributed by atoms with Crippen LogP contribution in [-0.4, -0.2) is 161 Å². The van der Waals surface area contributed by atoms with Gasteiger partial charge in [-0.1, -0.05) is 56.3 Å². The van der Waals surface area contributed by atoms with Gasteiger partial charge in [0.25, 0.3) is 5.91 Å². The lowest BCUT2D eigenvalue weighted by Gasteiger charge is -2.29. The quantitative estimate of drug-likeness (QED) is 0.0137. The maximum Gasteiger partial charge on any atom is 0.319 e. The summed E-state index contributed by atoms with van der Waals surface area (Å²) < 4.78 is 40.9. The van der Waals surface area contributed by atoms with Crippen LogP contribution in [0.5, 0.6) is 17.2 Å². The number of piperidine rings is 1. The summed E-state index contributed by atoms with van der Waals surface area (Å²) in [7, 11) is 0. The lowest BCUT2D eigenvalue weighted by Crippen LogP contribution is -2.52. The van der Waals surface area contributed by atoms with E-state index in [0.29, 0.717) is 125 Å². The molecule has 1 saturated heterocycles. The van der Waals surface area contributed by atoms with Crippen molar-refractivity contribution in [1.29, 1.82) is 0 Å². The third kappa shape index (κ3) is 20.8. The number of thiophene rings is 1. The Morgan fingerprint density at radius 3 is 1.99 bits per heavy atom. The van der Waals surface area contributed by atoms with Gasteiger partial charge in [-0.3, -0.25) is 29.4 Å². The maximum absolute atomic E-state index is 13.9. The molecule has 0 radical (unpaired) electrons. The molecular weight excluding hydrogens is 1150 g/mol. The molecule has 5 N–H and O–H groups in total. The Bertz CT molecular complexity index is 3200. The number of halogens is 1. The summed E-state index contributed by atoms with van der Waals surface area (Å²) in [6.07, 6.45) is 7.81. The van der Waals surface area contributed by atoms with Gasteiger partial charge in [0.05, 0.1) is 72.7 Å². The molecule has 0 spiro atoms. The van der Waals surface area contributed by atoms with E-state index in [1.807, 2.05) is 30.3 Å². The van der Waals surface area contributed by atoms with Crippen LogP contribution >= 0.6 is 22.9 Å². The topological polar surface area (TPSA) is 233 Å². The molecular formula is C66H80ClN5O14S. The normalized spacial score (nSPS) is 14.0. The minimum atomic E-state index is -0.679. The fourth-order valence-corrected chi connectivity index (χ4v) is 11.8. The van der Waals surface area contributed by atoms with Crippen molar-refractivity contribution < 1.29 is 67.3 Å². The Kier molecular flexibility index (Phi) is 26.6. The van der Waals surface area contributed by atoms with Crippen LogP contribution in [0.1, 0.15) is 101 Å². The molecule has 1 aromatic heterocycles. The van der Waals surface area contributed by atoms with Gasteiger partial charge >= 0.3 is 6.03 Å². The number of aromatic hydroxyl groups is 2. The minimum absolute atomic E-state index is 0.132. The molecule has 6 aromatic rings. The van der Waals surface area contributed by atoms with Gasteiger partial charge < -0.3 is 58.9 Å². The summed E-state index contributed by atoms with van der Waals surface area (Å²) in [6.45, 7) is 11.6. The van der Waals surface area contributed by atoms with Gasteiger partial charge in [-0.2, -0.15) is 0 Å². The van der Waals surface area contributed by atoms with E-state index in [-0.39, 0.29) is 54.6 Å². The lowest BCUT2D eigenvalue weighted by molar-refractivity contribution is -0.136. The molecule has 0 aliphatic carbocycles. The van der Waals surface area contributed by atoms with Crippen LogP contribution in [0.25, 0.3) is 20.5 Å². The van der Waals surface area contributed by atoms with Crippen molar-refractivity contribution in [3.05, 3.63) is 142 Å². The zero-order valence-electron chi connectivity index (χ0n) is 49.5. The van der Waals surface area contributed by atoms with E-state index >= 15 is 0 Å². The first-order valence-corrected chi connectivity index (χ1v) is 31.2. The fourth-order valence-electron chi connectivity index (χ4n) is 10.3. The van der Waals surface area contributed by atoms with E-state index in [1.165, 1.54) is 16.2 Å². The maximum atomic E-state index is 13.9. The molecule has 1 atom stereocenters. The number of amides is 5. The summed E-state index contributed by atoms with van der Waals surface area (Å²) in [5.74, 6) is -0.199. The number of carbonyl (C=O) groups is 5. The number of imide groups is 1. The second-order valence-corrected chi connectivity index (χ2v) is 22.8. The largest absolute Gasteiger partial charge is 0.508 e. The SMILES string of the molecule is CCN(CCOCCOCCOCCOCCOCCOCCCCCCCCc1cc(Cl)cc(NC(=O)NCc2ccc3c(c2)CN(C2CCC(=O)NC2=O)C3=O)c1)CCOc1ccc(C(=O)c2c(-c3ccc(O)cc3)sc3cc(O)ccc23)cc1. The van der Waals surface area contributed by atoms with Gasteiger partial charge in [0.2, 0.25) is 11.8 Å². The average Bonchev–Trinajstić information content (AvgIpc) is 1.84. The molecule has 8 rings (SSSR count). The first-order chi connectivity index (χ1) is 42.4. The van der Waals surface area contributed by atoms with Gasteiger partial charge in [-0.05, 0) is 145 Å². The first-order valence-electron chi connectivity index (χ1n) is 30.0. The number of urea groups is 1. The van der Waals surface area contributed by atoms with Crippen LogP contribution < -0.4 is 20.7 Å². The van der Waals surface area contributed by atoms with E-state index in [2.05, 4.69) is 27.8 Å². The number of nitrogens with zero attached hydrogens (tertiary/aromatic N) is 2. The number of ether oxygens (including phenoxy) is 7. The van der Waals surface area contributed by atoms with Crippen LogP contribution in [0.2, 0.25) is 5.02 Å². The van der Waals surface area contributed by atoms with E-state index in [4.69, 9.17) is 44.8 Å². The number of carbonyl (C=O) groups excluding carboxylic acids is 5. The number of phenols is 2. The van der Waals surface area contributed by atoms with Crippen molar-refractivity contribution in [3.63, 3.8) is 0 Å². The fraction of sp³-hybridized carbons (Fsp3) is 0.439. The van der Waals surface area contributed by atoms with Crippen molar-refractivity contribution in [2.45, 2.75) is 83.8 Å². The molecule has 5 aromatic carbocycles. The highest BCUT2D eigenvalue weighted by Crippen LogP contribution is 2.42. The monoisotopic (exact) mass is 1230 g/mol. The Hall–Kier alpha value is -6.98. The highest BCUT2D eigenvalue weighted by Gasteiger charge is 2.39. The molecule has 0 bridgehead atoms. The van der Waals surface area contributed by atoms with Crippen molar-refractivity contribution >= 4 is 68.2 Å². The van der Waals surface area contributed by atoms with Gasteiger partial charge in [0.15, 0.2) is 5.78 Å². The molecule has 1 unspecified atom stereocenters. The highest BCUT2D eigenvalue weighted by atomic mass is 35.5. The standard InChI is InChI=1S/C66H80ClN5O14S/c1-2-71(25-28-86-55-18-13-48(14-19-55)62(76)61-57-21-17-54(74)43-59(57)87-63(61)49-11-15-53(73)16-12-49)24-27-81-30-32-83-34-36-85-38-37-84-35-33-82-31-29-80-26-8-6-4-3-5-7-9-46-40-51(67)42-52(41-46)69-66(79)68-44-47-10-20-56-50(39-47)45-72(65(56)78)58-22-23-60(75)70-64(58)77/h10-21,39-43,58,73-74H,2-9,22-38,44-45H2,1H3,(H2,68,69,79)(H,70,75,77). The number of rotatable bonds is 39. The molecule has 19 nitrogen and oxygen atoms in total. The lowest BCUT2D eigenvalue weighted by atomic mass is 9.97. The van der Waals surface area contributed by atoms with Gasteiger partial charge in [-0.15, -0.1) is 11.3 Å². The molecule has 5 amide bonds. The van der Waals surface area contributed by atoms with E-state index in [9.17, 15) is 34.2 Å². The van der Waals surface area contributed by atoms with Crippen LogP contribution in [0.15, 0.2) is 103 Å². The van der Waals surface area contributed by atoms with Gasteiger partial charge in [-0.25, -0.2) is 4.79 Å². The second-order valence-electron chi connectivity index (χ2n) is 21.3. The van der Waals surface area contributed by atoms with Crippen molar-refractivity contribution in [3.8, 4) is 27.7 Å². The summed E-state index contributed by atoms with van der Waals surface area (Å²) >= 11 is 7.85. The third-order valence-corrected chi connectivity index (χ3v) is 16.4. The zero-order valence-corrected chi connectivity index (χ0v) is 51.0. The molecule has 1 fully saturated rings. The minimum Gasteiger partial charge on any atom is -0.508 e. The number of aryl methyl sites for hydroxylation is 1. The number of benzene rings is 5. The summed E-state index contributed by atoms with van der Waals surface area (Å²) in [4.78, 5) is 68.3. The molecule has 466 valence electrons. The summed E-state index contributed by atoms with van der Waals surface area (Å²) in [5, 5.41) is 29.3. The predicted molar refractivity (Wildman–Crippen MR) is 334 cm³/mol. The predicted octanol–water partition coefficient (Wildman–Crippen LogP) is 10.3. The van der Waals surface area contributed by atoms with Crippen LogP contribution in [0.3, 0.4) is 0 Å². The number of phenolic OH excluding ortho intramolecular Hbond substituents is 2. The van der Waals surface area contributed by atoms with E-state index < -0.39 is 11.9 Å². The molecule has 2 aliphatic heterocycles.